The van der Waals surface area contributed by atoms with E-state index < -0.39 is 27.7 Å². The van der Waals surface area contributed by atoms with Gasteiger partial charge in [-0.2, -0.15) is 5.10 Å². The molecule has 9 heteroatoms. The Morgan fingerprint density at radius 3 is 2.59 bits per heavy atom. The lowest BCUT2D eigenvalue weighted by Gasteiger charge is -2.12. The van der Waals surface area contributed by atoms with Gasteiger partial charge in [-0.05, 0) is 43.7 Å². The summed E-state index contributed by atoms with van der Waals surface area (Å²) in [7, 11) is -3.16. The third-order valence-corrected chi connectivity index (χ3v) is 6.50. The van der Waals surface area contributed by atoms with Crippen LogP contribution in [-0.2, 0) is 9.84 Å². The van der Waals surface area contributed by atoms with Gasteiger partial charge in [-0.25, -0.2) is 22.5 Å². The lowest BCUT2D eigenvalue weighted by Crippen LogP contribution is -2.23. The molecule has 1 aliphatic heterocycles. The summed E-state index contributed by atoms with van der Waals surface area (Å²) in [5.74, 6) is -1.81. The molecule has 27 heavy (non-hydrogen) atoms. The molecular weight excluding hydrogens is 373 g/mol. The van der Waals surface area contributed by atoms with E-state index in [2.05, 4.69) is 10.1 Å². The van der Waals surface area contributed by atoms with Gasteiger partial charge in [-0.15, -0.1) is 0 Å². The number of benzene rings is 1. The van der Waals surface area contributed by atoms with E-state index in [9.17, 15) is 22.7 Å². The Labute approximate surface area is 154 Å². The predicted molar refractivity (Wildman–Crippen MR) is 94.3 cm³/mol. The van der Waals surface area contributed by atoms with Crippen molar-refractivity contribution in [3.05, 3.63) is 47.4 Å². The zero-order chi connectivity index (χ0) is 19.3. The lowest BCUT2D eigenvalue weighted by molar-refractivity contribution is -0.254. The molecule has 0 unspecified atom stereocenters. The second-order valence-corrected chi connectivity index (χ2v) is 8.86. The number of halogens is 1. The zero-order valence-electron chi connectivity index (χ0n) is 14.3. The molecule has 0 bridgehead atoms. The number of hydrogen-bond donors (Lipinski definition) is 0. The first-order chi connectivity index (χ1) is 12.7. The van der Waals surface area contributed by atoms with E-state index in [1.165, 1.54) is 35.0 Å². The van der Waals surface area contributed by atoms with Crippen molar-refractivity contribution in [2.24, 2.45) is 0 Å². The van der Waals surface area contributed by atoms with Gasteiger partial charge in [0.25, 0.3) is 0 Å². The van der Waals surface area contributed by atoms with Gasteiger partial charge in [0.15, 0.2) is 15.5 Å². The molecular formula is C18H15FN3O4S-. The number of hydrogen-bond acceptors (Lipinski definition) is 6. The van der Waals surface area contributed by atoms with E-state index in [1.807, 2.05) is 0 Å². The van der Waals surface area contributed by atoms with Gasteiger partial charge in [0, 0.05) is 11.1 Å². The Bertz CT molecular complexity index is 1170. The Hall–Kier alpha value is -2.81. The Morgan fingerprint density at radius 1 is 1.30 bits per heavy atom. The molecule has 1 atom stereocenters. The third kappa shape index (κ3) is 3.08. The molecule has 0 saturated carbocycles. The highest BCUT2D eigenvalue weighted by atomic mass is 32.2. The van der Waals surface area contributed by atoms with Crippen molar-refractivity contribution in [1.82, 2.24) is 14.8 Å². The summed E-state index contributed by atoms with van der Waals surface area (Å²) in [5, 5.41) is 16.4. The zero-order valence-corrected chi connectivity index (χ0v) is 15.2. The minimum atomic E-state index is -3.16. The van der Waals surface area contributed by atoms with Gasteiger partial charge < -0.3 is 9.90 Å². The summed E-state index contributed by atoms with van der Waals surface area (Å²) >= 11 is 0. The Balaban J connectivity index is 1.96. The van der Waals surface area contributed by atoms with Crippen molar-refractivity contribution < 1.29 is 22.7 Å². The van der Waals surface area contributed by atoms with Gasteiger partial charge >= 0.3 is 0 Å². The normalized spacial score (nSPS) is 18.8. The maximum atomic E-state index is 13.2. The molecule has 1 fully saturated rings. The average Bonchev–Trinajstić information content (AvgIpc) is 3.14. The monoisotopic (exact) mass is 388 g/mol. The van der Waals surface area contributed by atoms with Crippen LogP contribution < -0.4 is 5.11 Å². The Kier molecular flexibility index (Phi) is 3.99. The topological polar surface area (TPSA) is 105 Å². The van der Waals surface area contributed by atoms with E-state index in [0.29, 0.717) is 28.8 Å². The molecule has 3 heterocycles. The second-order valence-electron chi connectivity index (χ2n) is 6.63. The smallest absolute Gasteiger partial charge is 0.159 e. The molecule has 3 aromatic rings. The summed E-state index contributed by atoms with van der Waals surface area (Å²) in [6.07, 6.45) is 0.391. The number of carboxylic acids is 1. The highest BCUT2D eigenvalue weighted by Gasteiger charge is 2.32. The number of carbonyl (C=O) groups excluding carboxylic acids is 1. The van der Waals surface area contributed by atoms with Crippen molar-refractivity contribution >= 4 is 26.8 Å². The average molecular weight is 388 g/mol. The van der Waals surface area contributed by atoms with Gasteiger partial charge in [0.2, 0.25) is 0 Å². The molecule has 0 spiro atoms. The molecule has 0 N–H and O–H groups in total. The van der Waals surface area contributed by atoms with Crippen LogP contribution in [0.2, 0.25) is 0 Å². The molecule has 2 aromatic heterocycles. The molecule has 1 aliphatic rings. The molecule has 0 aliphatic carbocycles. The Morgan fingerprint density at radius 2 is 2.00 bits per heavy atom. The maximum Gasteiger partial charge on any atom is 0.159 e. The first-order valence-electron chi connectivity index (χ1n) is 8.33. The number of sulfone groups is 1. The number of aryl methyl sites for hydroxylation is 1. The molecule has 1 saturated heterocycles. The molecule has 0 amide bonds. The highest BCUT2D eigenvalue weighted by Crippen LogP contribution is 2.31. The minimum Gasteiger partial charge on any atom is -0.545 e. The van der Waals surface area contributed by atoms with Crippen LogP contribution in [0.5, 0.6) is 0 Å². The van der Waals surface area contributed by atoms with Crippen molar-refractivity contribution in [3.63, 3.8) is 0 Å². The fourth-order valence-electron chi connectivity index (χ4n) is 3.47. The first kappa shape index (κ1) is 17.6. The van der Waals surface area contributed by atoms with Gasteiger partial charge in [-0.1, -0.05) is 0 Å². The largest absolute Gasteiger partial charge is 0.545 e. The molecule has 1 aromatic carbocycles. The standard InChI is InChI=1S/C18H16FN3O4S/c1-10-16-14(18(23)24)8-15(11-2-4-12(19)5-3-11)20-17(16)22(21-10)13-6-7-27(25,26)9-13/h2-5,8,13H,6-7,9H2,1H3,(H,23,24)/p-1/t13-/m1/s1. The van der Waals surface area contributed by atoms with E-state index >= 15 is 0 Å². The van der Waals surface area contributed by atoms with Crippen LogP contribution >= 0.6 is 0 Å². The number of rotatable bonds is 3. The number of aromatic carboxylic acids is 1. The predicted octanol–water partition coefficient (Wildman–Crippen LogP) is 1.27. The summed E-state index contributed by atoms with van der Waals surface area (Å²) in [4.78, 5) is 16.2. The highest BCUT2D eigenvalue weighted by molar-refractivity contribution is 7.91. The second kappa shape index (κ2) is 6.12. The SMILES string of the molecule is Cc1nn([C@@H]2CCS(=O)(=O)C2)c2nc(-c3ccc(F)cc3)cc(C(=O)[O-])c12. The quantitative estimate of drug-likeness (QED) is 0.669. The van der Waals surface area contributed by atoms with Gasteiger partial charge in [0.1, 0.15) is 5.82 Å². The van der Waals surface area contributed by atoms with E-state index in [0.717, 1.165) is 0 Å². The number of nitrogens with zero attached hydrogens (tertiary/aromatic N) is 3. The van der Waals surface area contributed by atoms with Crippen LogP contribution in [0, 0.1) is 12.7 Å². The van der Waals surface area contributed by atoms with Crippen LogP contribution in [0.3, 0.4) is 0 Å². The molecule has 7 nitrogen and oxygen atoms in total. The van der Waals surface area contributed by atoms with Crippen LogP contribution in [-0.4, -0.2) is 40.7 Å². The van der Waals surface area contributed by atoms with Crippen molar-refractivity contribution in [2.45, 2.75) is 19.4 Å². The van der Waals surface area contributed by atoms with Crippen LogP contribution in [0.15, 0.2) is 30.3 Å². The molecule has 140 valence electrons. The fraction of sp³-hybridized carbons (Fsp3) is 0.278. The summed E-state index contributed by atoms with van der Waals surface area (Å²) in [6, 6.07) is 6.47. The van der Waals surface area contributed by atoms with Gasteiger partial charge in [-0.3, -0.25) is 0 Å². The van der Waals surface area contributed by atoms with Crippen LogP contribution in [0.4, 0.5) is 4.39 Å². The first-order valence-corrected chi connectivity index (χ1v) is 10.1. The van der Waals surface area contributed by atoms with Crippen LogP contribution in [0.25, 0.3) is 22.3 Å². The number of aromatic nitrogens is 3. The van der Waals surface area contributed by atoms with Crippen LogP contribution in [0.1, 0.15) is 28.5 Å². The fourth-order valence-corrected chi connectivity index (χ4v) is 5.16. The minimum absolute atomic E-state index is 0.0586. The molecule has 0 radical (unpaired) electrons. The van der Waals surface area contributed by atoms with Crippen molar-refractivity contribution in [3.8, 4) is 11.3 Å². The van der Waals surface area contributed by atoms with E-state index in [-0.39, 0.29) is 22.7 Å². The lowest BCUT2D eigenvalue weighted by atomic mass is 10.1. The van der Waals surface area contributed by atoms with Crippen molar-refractivity contribution in [1.29, 1.82) is 0 Å². The number of fused-ring (bicyclic) bond motifs is 1. The summed E-state index contributed by atoms with van der Waals surface area (Å²) < 4.78 is 38.4. The van der Waals surface area contributed by atoms with Crippen molar-refractivity contribution in [2.75, 3.05) is 11.5 Å². The molecule has 4 rings (SSSR count). The van der Waals surface area contributed by atoms with E-state index in [1.54, 1.807) is 6.92 Å². The van der Waals surface area contributed by atoms with Gasteiger partial charge in [0.05, 0.1) is 40.3 Å². The number of carboxylic acid groups (broad SMARTS) is 1. The third-order valence-electron chi connectivity index (χ3n) is 4.75. The number of carbonyl (C=O) groups is 1. The summed E-state index contributed by atoms with van der Waals surface area (Å²) in [5.41, 5.74) is 1.50. The maximum absolute atomic E-state index is 13.2. The summed E-state index contributed by atoms with van der Waals surface area (Å²) in [6.45, 7) is 1.65. The van der Waals surface area contributed by atoms with E-state index in [4.69, 9.17) is 0 Å². The number of pyridine rings is 1.